The van der Waals surface area contributed by atoms with Gasteiger partial charge in [-0.25, -0.2) is 9.97 Å². The van der Waals surface area contributed by atoms with Crippen LogP contribution in [-0.2, 0) is 0 Å². The first kappa shape index (κ1) is 18.4. The maximum absolute atomic E-state index is 12.3. The summed E-state index contributed by atoms with van der Waals surface area (Å²) >= 11 is 10.5. The van der Waals surface area contributed by atoms with Crippen LogP contribution in [0.1, 0.15) is 37.2 Å². The van der Waals surface area contributed by atoms with E-state index in [9.17, 15) is 4.79 Å². The molecule has 23 heavy (non-hydrogen) atoms. The number of hydrogen-bond donors (Lipinski definition) is 1. The van der Waals surface area contributed by atoms with Crippen molar-refractivity contribution in [2.24, 2.45) is 0 Å². The first-order chi connectivity index (χ1) is 11.1. The summed E-state index contributed by atoms with van der Waals surface area (Å²) in [7, 11) is 0. The summed E-state index contributed by atoms with van der Waals surface area (Å²) in [6, 6.07) is 0. The second-order valence-corrected chi connectivity index (χ2v) is 8.16. The lowest BCUT2D eigenvalue weighted by Gasteiger charge is -2.04. The van der Waals surface area contributed by atoms with E-state index in [0.29, 0.717) is 10.3 Å². The Kier molecular flexibility index (Phi) is 7.54. The summed E-state index contributed by atoms with van der Waals surface area (Å²) in [4.78, 5) is 20.7. The summed E-state index contributed by atoms with van der Waals surface area (Å²) in [5.41, 5.74) is 0.151. The average Bonchev–Trinajstić information content (AvgIpc) is 2.99. The molecule has 0 aliphatic rings. The number of carbonyl (C=O) groups excluding carboxylic acids is 1. The molecule has 0 fully saturated rings. The molecule has 0 saturated carbocycles. The lowest BCUT2D eigenvalue weighted by Crippen LogP contribution is -2.15. The van der Waals surface area contributed by atoms with E-state index in [1.165, 1.54) is 29.3 Å². The topological polar surface area (TPSA) is 80.7 Å². The minimum Gasteiger partial charge on any atom is -0.295 e. The molecule has 0 saturated heterocycles. The highest BCUT2D eigenvalue weighted by Gasteiger charge is 2.16. The molecule has 0 bridgehead atoms. The van der Waals surface area contributed by atoms with E-state index in [4.69, 9.17) is 11.6 Å². The van der Waals surface area contributed by atoms with Gasteiger partial charge in [-0.1, -0.05) is 60.3 Å². The van der Waals surface area contributed by atoms with Crippen LogP contribution in [0.4, 0.5) is 5.13 Å². The Hall–Kier alpha value is -0.900. The molecule has 2 aromatic rings. The van der Waals surface area contributed by atoms with Crippen molar-refractivity contribution in [1.82, 2.24) is 20.2 Å². The molecule has 1 amide bonds. The molecular formula is C13H16ClN5OS3. The fourth-order valence-electron chi connectivity index (χ4n) is 1.44. The van der Waals surface area contributed by atoms with E-state index in [0.717, 1.165) is 28.7 Å². The summed E-state index contributed by atoms with van der Waals surface area (Å²) < 4.78 is 0.829. The standard InChI is InChI=1S/C13H16ClN5OS3/c1-3-5-21-11-15-7-8(14)9(16-11)10(20)17-12-18-19-13(23-12)22-6-4-2/h7H,3-6H2,1-2H3,(H,17,18,20). The smallest absolute Gasteiger partial charge is 0.277 e. The molecule has 0 aromatic carbocycles. The van der Waals surface area contributed by atoms with Crippen LogP contribution in [0, 0.1) is 0 Å². The minimum atomic E-state index is -0.404. The summed E-state index contributed by atoms with van der Waals surface area (Å²) in [5, 5.41) is 11.9. The van der Waals surface area contributed by atoms with Gasteiger partial charge in [-0.2, -0.15) is 0 Å². The van der Waals surface area contributed by atoms with E-state index in [-0.39, 0.29) is 10.7 Å². The predicted molar refractivity (Wildman–Crippen MR) is 96.9 cm³/mol. The number of nitrogens with one attached hydrogen (secondary N) is 1. The Morgan fingerprint density at radius 2 is 2.00 bits per heavy atom. The van der Waals surface area contributed by atoms with Crippen LogP contribution in [0.2, 0.25) is 5.02 Å². The van der Waals surface area contributed by atoms with Gasteiger partial charge in [0.15, 0.2) is 15.2 Å². The number of nitrogens with zero attached hydrogens (tertiary/aromatic N) is 4. The zero-order valence-corrected chi connectivity index (χ0v) is 15.9. The van der Waals surface area contributed by atoms with Crippen LogP contribution in [-0.4, -0.2) is 37.6 Å². The number of rotatable bonds is 8. The summed E-state index contributed by atoms with van der Waals surface area (Å²) in [6.07, 6.45) is 3.51. The van der Waals surface area contributed by atoms with Gasteiger partial charge in [0, 0.05) is 11.5 Å². The second kappa shape index (κ2) is 9.41. The molecule has 0 radical (unpaired) electrons. The molecule has 6 nitrogen and oxygen atoms in total. The van der Waals surface area contributed by atoms with Crippen molar-refractivity contribution >= 4 is 57.5 Å². The van der Waals surface area contributed by atoms with Crippen LogP contribution < -0.4 is 5.32 Å². The van der Waals surface area contributed by atoms with Crippen molar-refractivity contribution in [3.8, 4) is 0 Å². The van der Waals surface area contributed by atoms with Crippen molar-refractivity contribution in [3.05, 3.63) is 16.9 Å². The quantitative estimate of drug-likeness (QED) is 0.410. The van der Waals surface area contributed by atoms with Gasteiger partial charge in [0.2, 0.25) is 5.13 Å². The van der Waals surface area contributed by atoms with Gasteiger partial charge in [-0.05, 0) is 12.8 Å². The summed E-state index contributed by atoms with van der Waals surface area (Å²) in [5.74, 6) is 1.45. The number of thioether (sulfide) groups is 2. The molecule has 124 valence electrons. The first-order valence-corrected chi connectivity index (χ1v) is 10.2. The maximum Gasteiger partial charge on any atom is 0.277 e. The van der Waals surface area contributed by atoms with Gasteiger partial charge >= 0.3 is 0 Å². The molecule has 0 aliphatic carbocycles. The third-order valence-electron chi connectivity index (χ3n) is 2.43. The third-order valence-corrected chi connectivity index (χ3v) is 5.95. The highest BCUT2D eigenvalue weighted by atomic mass is 35.5. The molecule has 0 aliphatic heterocycles. The summed E-state index contributed by atoms with van der Waals surface area (Å²) in [6.45, 7) is 4.17. The Balaban J connectivity index is 2.06. The van der Waals surface area contributed by atoms with E-state index in [2.05, 4.69) is 39.3 Å². The number of carbonyl (C=O) groups is 1. The van der Waals surface area contributed by atoms with Crippen molar-refractivity contribution < 1.29 is 4.79 Å². The van der Waals surface area contributed by atoms with Crippen LogP contribution in [0.15, 0.2) is 15.7 Å². The van der Waals surface area contributed by atoms with E-state index < -0.39 is 5.91 Å². The number of aromatic nitrogens is 4. The Bertz CT molecular complexity index is 667. The van der Waals surface area contributed by atoms with Gasteiger partial charge in [0.05, 0.1) is 11.2 Å². The lowest BCUT2D eigenvalue weighted by molar-refractivity contribution is 0.102. The highest BCUT2D eigenvalue weighted by Crippen LogP contribution is 2.26. The zero-order valence-electron chi connectivity index (χ0n) is 12.7. The van der Waals surface area contributed by atoms with E-state index in [1.54, 1.807) is 11.8 Å². The second-order valence-electron chi connectivity index (χ2n) is 4.37. The Labute approximate surface area is 152 Å². The molecular weight excluding hydrogens is 374 g/mol. The fraction of sp³-hybridized carbons (Fsp3) is 0.462. The van der Waals surface area contributed by atoms with Gasteiger partial charge < -0.3 is 0 Å². The molecule has 0 unspecified atom stereocenters. The normalized spacial score (nSPS) is 10.7. The minimum absolute atomic E-state index is 0.151. The maximum atomic E-state index is 12.3. The lowest BCUT2D eigenvalue weighted by atomic mass is 10.4. The van der Waals surface area contributed by atoms with Gasteiger partial charge in [0.1, 0.15) is 0 Å². The number of amides is 1. The van der Waals surface area contributed by atoms with E-state index >= 15 is 0 Å². The van der Waals surface area contributed by atoms with Crippen LogP contribution in [0.5, 0.6) is 0 Å². The molecule has 0 spiro atoms. The van der Waals surface area contributed by atoms with Crippen molar-refractivity contribution in [1.29, 1.82) is 0 Å². The third kappa shape index (κ3) is 5.59. The number of anilines is 1. The molecule has 1 N–H and O–H groups in total. The van der Waals surface area contributed by atoms with Gasteiger partial charge in [0.25, 0.3) is 5.91 Å². The van der Waals surface area contributed by atoms with Crippen LogP contribution in [0.25, 0.3) is 0 Å². The van der Waals surface area contributed by atoms with Gasteiger partial charge in [-0.15, -0.1) is 10.2 Å². The fourth-order valence-corrected chi connectivity index (χ4v) is 3.96. The van der Waals surface area contributed by atoms with Crippen molar-refractivity contribution in [2.45, 2.75) is 36.2 Å². The Morgan fingerprint density at radius 3 is 2.74 bits per heavy atom. The molecule has 10 heteroatoms. The molecule has 2 aromatic heterocycles. The predicted octanol–water partition coefficient (Wildman–Crippen LogP) is 4.24. The van der Waals surface area contributed by atoms with Crippen LogP contribution in [0.3, 0.4) is 0 Å². The van der Waals surface area contributed by atoms with E-state index in [1.807, 2.05) is 0 Å². The zero-order chi connectivity index (χ0) is 16.7. The first-order valence-electron chi connectivity index (χ1n) is 7.07. The number of hydrogen-bond acceptors (Lipinski definition) is 8. The van der Waals surface area contributed by atoms with Crippen LogP contribution >= 0.6 is 46.5 Å². The Morgan fingerprint density at radius 1 is 1.26 bits per heavy atom. The number of halogens is 1. The van der Waals surface area contributed by atoms with Crippen molar-refractivity contribution in [2.75, 3.05) is 16.8 Å². The molecule has 2 heterocycles. The molecule has 0 atom stereocenters. The SMILES string of the molecule is CCCSc1ncc(Cl)c(C(=O)Nc2nnc(SCCC)s2)n1. The largest absolute Gasteiger partial charge is 0.295 e. The average molecular weight is 390 g/mol. The monoisotopic (exact) mass is 389 g/mol. The van der Waals surface area contributed by atoms with Gasteiger partial charge in [-0.3, -0.25) is 10.1 Å². The van der Waals surface area contributed by atoms with Crippen molar-refractivity contribution in [3.63, 3.8) is 0 Å². The molecule has 2 rings (SSSR count). The highest BCUT2D eigenvalue weighted by molar-refractivity contribution is 8.01.